The zero-order chi connectivity index (χ0) is 18.4. The molecule has 2 aromatic rings. The van der Waals surface area contributed by atoms with Crippen molar-refractivity contribution in [1.29, 1.82) is 0 Å². The van der Waals surface area contributed by atoms with Crippen molar-refractivity contribution in [3.63, 3.8) is 0 Å². The first-order valence-corrected chi connectivity index (χ1v) is 8.67. The van der Waals surface area contributed by atoms with E-state index in [4.69, 9.17) is 4.74 Å². The molecule has 0 radical (unpaired) electrons. The van der Waals surface area contributed by atoms with Crippen LogP contribution in [0.15, 0.2) is 65.7 Å². The van der Waals surface area contributed by atoms with Crippen LogP contribution in [-0.4, -0.2) is 17.0 Å². The lowest BCUT2D eigenvalue weighted by Gasteiger charge is -2.17. The number of carbonyl (C=O) groups is 2. The highest BCUT2D eigenvalue weighted by molar-refractivity contribution is 6.08. The Hall–Kier alpha value is -3.08. The minimum Gasteiger partial charge on any atom is -0.489 e. The Balaban J connectivity index is 1.62. The van der Waals surface area contributed by atoms with Gasteiger partial charge >= 0.3 is 5.97 Å². The maximum absolute atomic E-state index is 12.4. The van der Waals surface area contributed by atoms with Crippen molar-refractivity contribution in [1.82, 2.24) is 0 Å². The van der Waals surface area contributed by atoms with E-state index in [9.17, 15) is 14.7 Å². The molecule has 2 aromatic carbocycles. The molecule has 134 valence electrons. The zero-order valence-corrected chi connectivity index (χ0v) is 14.4. The number of nitrogens with one attached hydrogen (secondary N) is 1. The normalized spacial score (nSPS) is 14.0. The number of carbonyl (C=O) groups excluding carboxylic acids is 1. The van der Waals surface area contributed by atoms with Gasteiger partial charge in [-0.3, -0.25) is 4.79 Å². The molecule has 0 saturated heterocycles. The van der Waals surface area contributed by atoms with Gasteiger partial charge in [0, 0.05) is 16.8 Å². The molecule has 2 N–H and O–H groups in total. The minimum absolute atomic E-state index is 0.233. The highest BCUT2D eigenvalue weighted by atomic mass is 16.5. The third kappa shape index (κ3) is 4.51. The smallest absolute Gasteiger partial charge is 0.332 e. The Morgan fingerprint density at radius 3 is 2.23 bits per heavy atom. The Bertz CT molecular complexity index is 810. The maximum atomic E-state index is 12.4. The van der Waals surface area contributed by atoms with Crippen LogP contribution in [0.4, 0.5) is 5.69 Å². The minimum atomic E-state index is -1.00. The number of amides is 1. The molecular formula is C21H21NO4. The summed E-state index contributed by atoms with van der Waals surface area (Å²) in [5.74, 6) is -0.630. The van der Waals surface area contributed by atoms with Crippen molar-refractivity contribution in [2.24, 2.45) is 0 Å². The Morgan fingerprint density at radius 2 is 1.58 bits per heavy atom. The summed E-state index contributed by atoms with van der Waals surface area (Å²) in [6.07, 6.45) is 2.60. The van der Waals surface area contributed by atoms with E-state index in [1.807, 2.05) is 30.3 Å². The van der Waals surface area contributed by atoms with Gasteiger partial charge in [-0.05, 0) is 55.5 Å². The van der Waals surface area contributed by atoms with Crippen LogP contribution in [0.1, 0.15) is 31.2 Å². The van der Waals surface area contributed by atoms with Gasteiger partial charge in [-0.25, -0.2) is 4.79 Å². The number of rotatable bonds is 6. The first-order chi connectivity index (χ1) is 12.6. The van der Waals surface area contributed by atoms with E-state index in [1.165, 1.54) is 0 Å². The molecule has 3 rings (SSSR count). The van der Waals surface area contributed by atoms with Crippen LogP contribution in [0.3, 0.4) is 0 Å². The van der Waals surface area contributed by atoms with Gasteiger partial charge in [0.15, 0.2) is 0 Å². The molecular weight excluding hydrogens is 330 g/mol. The van der Waals surface area contributed by atoms with E-state index in [0.717, 1.165) is 18.4 Å². The topological polar surface area (TPSA) is 75.6 Å². The third-order valence-electron chi connectivity index (χ3n) is 4.36. The lowest BCUT2D eigenvalue weighted by Crippen LogP contribution is -2.21. The fourth-order valence-corrected chi connectivity index (χ4v) is 2.97. The molecule has 5 nitrogen and oxygen atoms in total. The molecule has 1 aliphatic carbocycles. The molecule has 0 fully saturated rings. The van der Waals surface area contributed by atoms with Gasteiger partial charge in [0.1, 0.15) is 12.4 Å². The lowest BCUT2D eigenvalue weighted by molar-refractivity contribution is -0.133. The fourth-order valence-electron chi connectivity index (χ4n) is 2.97. The van der Waals surface area contributed by atoms with Gasteiger partial charge in [-0.15, -0.1) is 0 Å². The maximum Gasteiger partial charge on any atom is 0.332 e. The first kappa shape index (κ1) is 17.7. The number of carboxylic acid groups (broad SMARTS) is 1. The van der Waals surface area contributed by atoms with Crippen molar-refractivity contribution in [3.8, 4) is 5.75 Å². The molecule has 1 amide bonds. The third-order valence-corrected chi connectivity index (χ3v) is 4.36. The molecule has 0 heterocycles. The largest absolute Gasteiger partial charge is 0.489 e. The van der Waals surface area contributed by atoms with E-state index < -0.39 is 5.97 Å². The van der Waals surface area contributed by atoms with Crippen molar-refractivity contribution in [3.05, 3.63) is 71.3 Å². The second-order valence-electron chi connectivity index (χ2n) is 6.22. The predicted molar refractivity (Wildman–Crippen MR) is 99.0 cm³/mol. The summed E-state index contributed by atoms with van der Waals surface area (Å²) in [4.78, 5) is 23.7. The Morgan fingerprint density at radius 1 is 0.923 bits per heavy atom. The Labute approximate surface area is 152 Å². The highest BCUT2D eigenvalue weighted by Gasteiger charge is 2.23. The highest BCUT2D eigenvalue weighted by Crippen LogP contribution is 2.26. The Kier molecular flexibility index (Phi) is 5.69. The van der Waals surface area contributed by atoms with E-state index in [-0.39, 0.29) is 11.5 Å². The standard InChI is InChI=1S/C21H21NO4/c23-20(18-8-4-5-9-19(18)21(24)25)22-16-10-12-17(13-11-16)26-14-15-6-2-1-3-7-15/h1-3,6-7,10-13H,4-5,8-9,14H2,(H,22,23)(H,24,25). The van der Waals surface area contributed by atoms with Gasteiger partial charge in [-0.2, -0.15) is 0 Å². The van der Waals surface area contributed by atoms with Crippen LogP contribution in [0.25, 0.3) is 0 Å². The van der Waals surface area contributed by atoms with Crippen LogP contribution < -0.4 is 10.1 Å². The van der Waals surface area contributed by atoms with Gasteiger partial charge in [0.2, 0.25) is 0 Å². The second kappa shape index (κ2) is 8.34. The zero-order valence-electron chi connectivity index (χ0n) is 14.4. The number of anilines is 1. The second-order valence-corrected chi connectivity index (χ2v) is 6.22. The molecule has 0 saturated carbocycles. The first-order valence-electron chi connectivity index (χ1n) is 8.67. The summed E-state index contributed by atoms with van der Waals surface area (Å²) < 4.78 is 5.72. The number of hydrogen-bond acceptors (Lipinski definition) is 3. The van der Waals surface area contributed by atoms with E-state index in [1.54, 1.807) is 24.3 Å². The predicted octanol–water partition coefficient (Wildman–Crippen LogP) is 4.16. The average molecular weight is 351 g/mol. The molecule has 0 unspecified atom stereocenters. The van der Waals surface area contributed by atoms with E-state index >= 15 is 0 Å². The number of carboxylic acids is 1. The summed E-state index contributed by atoms with van der Waals surface area (Å²) in [5, 5.41) is 12.0. The monoisotopic (exact) mass is 351 g/mol. The SMILES string of the molecule is O=C(O)C1=C(C(=O)Nc2ccc(OCc3ccccc3)cc2)CCCC1. The molecule has 5 heteroatoms. The van der Waals surface area contributed by atoms with Crippen molar-refractivity contribution >= 4 is 17.6 Å². The van der Waals surface area contributed by atoms with Gasteiger partial charge < -0.3 is 15.2 Å². The molecule has 0 spiro atoms. The van der Waals surface area contributed by atoms with Crippen molar-refractivity contribution < 1.29 is 19.4 Å². The lowest BCUT2D eigenvalue weighted by atomic mass is 9.91. The van der Waals surface area contributed by atoms with Gasteiger partial charge in [0.05, 0.1) is 0 Å². The molecule has 26 heavy (non-hydrogen) atoms. The summed E-state index contributed by atoms with van der Waals surface area (Å²) >= 11 is 0. The number of ether oxygens (including phenoxy) is 1. The van der Waals surface area contributed by atoms with Crippen LogP contribution in [0.2, 0.25) is 0 Å². The average Bonchev–Trinajstić information content (AvgIpc) is 2.68. The van der Waals surface area contributed by atoms with Gasteiger partial charge in [0.25, 0.3) is 5.91 Å². The molecule has 0 aliphatic heterocycles. The number of benzene rings is 2. The quantitative estimate of drug-likeness (QED) is 0.819. The molecule has 1 aliphatic rings. The number of hydrogen-bond donors (Lipinski definition) is 2. The van der Waals surface area contributed by atoms with E-state index in [0.29, 0.717) is 36.5 Å². The summed E-state index contributed by atoms with van der Waals surface area (Å²) in [5.41, 5.74) is 2.31. The number of aliphatic carboxylic acids is 1. The van der Waals surface area contributed by atoms with Crippen LogP contribution in [0.5, 0.6) is 5.75 Å². The summed E-state index contributed by atoms with van der Waals surface area (Å²) in [6.45, 7) is 0.474. The molecule has 0 atom stereocenters. The van der Waals surface area contributed by atoms with E-state index in [2.05, 4.69) is 5.32 Å². The van der Waals surface area contributed by atoms with Crippen LogP contribution in [-0.2, 0) is 16.2 Å². The fraction of sp³-hybridized carbons (Fsp3) is 0.238. The van der Waals surface area contributed by atoms with Gasteiger partial charge in [-0.1, -0.05) is 30.3 Å². The van der Waals surface area contributed by atoms with Crippen molar-refractivity contribution in [2.45, 2.75) is 32.3 Å². The summed E-state index contributed by atoms with van der Waals surface area (Å²) in [7, 11) is 0. The molecule has 0 bridgehead atoms. The summed E-state index contributed by atoms with van der Waals surface area (Å²) in [6, 6.07) is 16.9. The van der Waals surface area contributed by atoms with Crippen LogP contribution in [0, 0.1) is 0 Å². The van der Waals surface area contributed by atoms with Crippen LogP contribution >= 0.6 is 0 Å². The van der Waals surface area contributed by atoms with Crippen molar-refractivity contribution in [2.75, 3.05) is 5.32 Å². The molecule has 0 aromatic heterocycles.